The SMILES string of the molecule is Cc1cc(N)ccc1CN1Cc2ccccc2C1. The topological polar surface area (TPSA) is 29.3 Å². The lowest BCUT2D eigenvalue weighted by atomic mass is 10.1. The van der Waals surface area contributed by atoms with Crippen molar-refractivity contribution < 1.29 is 0 Å². The summed E-state index contributed by atoms with van der Waals surface area (Å²) in [6.07, 6.45) is 0. The first-order valence-corrected chi connectivity index (χ1v) is 6.36. The van der Waals surface area contributed by atoms with Crippen LogP contribution in [0.1, 0.15) is 22.3 Å². The summed E-state index contributed by atoms with van der Waals surface area (Å²) in [7, 11) is 0. The molecule has 2 heteroatoms. The minimum Gasteiger partial charge on any atom is -0.399 e. The van der Waals surface area contributed by atoms with E-state index < -0.39 is 0 Å². The average Bonchev–Trinajstić information content (AvgIpc) is 2.75. The standard InChI is InChI=1S/C16H18N2/c1-12-8-16(17)7-6-13(12)9-18-10-14-4-2-3-5-15(14)11-18/h2-8H,9-11,17H2,1H3. The van der Waals surface area contributed by atoms with Gasteiger partial charge in [0.05, 0.1) is 0 Å². The molecule has 1 heterocycles. The Bertz CT molecular complexity index is 550. The van der Waals surface area contributed by atoms with Crippen molar-refractivity contribution in [1.29, 1.82) is 0 Å². The normalized spacial score (nSPS) is 14.7. The molecule has 2 nitrogen and oxygen atoms in total. The maximum Gasteiger partial charge on any atom is 0.0316 e. The summed E-state index contributed by atoms with van der Waals surface area (Å²) in [5.74, 6) is 0. The van der Waals surface area contributed by atoms with E-state index in [0.717, 1.165) is 25.3 Å². The van der Waals surface area contributed by atoms with Crippen molar-refractivity contribution in [3.8, 4) is 0 Å². The summed E-state index contributed by atoms with van der Waals surface area (Å²) < 4.78 is 0. The predicted octanol–water partition coefficient (Wildman–Crippen LogP) is 3.09. The summed E-state index contributed by atoms with van der Waals surface area (Å²) in [5, 5.41) is 0. The minimum absolute atomic E-state index is 0.848. The van der Waals surface area contributed by atoms with Crippen LogP contribution in [0.5, 0.6) is 0 Å². The zero-order valence-corrected chi connectivity index (χ0v) is 10.7. The largest absolute Gasteiger partial charge is 0.399 e. The van der Waals surface area contributed by atoms with Gasteiger partial charge >= 0.3 is 0 Å². The van der Waals surface area contributed by atoms with E-state index >= 15 is 0 Å². The Balaban J connectivity index is 1.76. The molecule has 2 aromatic rings. The highest BCUT2D eigenvalue weighted by atomic mass is 15.1. The summed E-state index contributed by atoms with van der Waals surface area (Å²) in [6.45, 7) is 5.25. The molecule has 2 aromatic carbocycles. The van der Waals surface area contributed by atoms with Crippen molar-refractivity contribution in [3.63, 3.8) is 0 Å². The van der Waals surface area contributed by atoms with Crippen molar-refractivity contribution in [3.05, 3.63) is 64.7 Å². The molecule has 92 valence electrons. The van der Waals surface area contributed by atoms with Crippen LogP contribution in [0.25, 0.3) is 0 Å². The molecule has 0 saturated heterocycles. The number of nitrogens with two attached hydrogens (primary N) is 1. The summed E-state index contributed by atoms with van der Waals surface area (Å²) in [5.41, 5.74) is 12.2. The number of aryl methyl sites for hydroxylation is 1. The Morgan fingerprint density at radius 3 is 2.33 bits per heavy atom. The molecular weight excluding hydrogens is 220 g/mol. The second-order valence-corrected chi connectivity index (χ2v) is 5.10. The number of rotatable bonds is 2. The van der Waals surface area contributed by atoms with Crippen LogP contribution in [0.4, 0.5) is 5.69 Å². The first-order chi connectivity index (χ1) is 8.72. The van der Waals surface area contributed by atoms with E-state index in [1.807, 2.05) is 6.07 Å². The molecule has 0 saturated carbocycles. The van der Waals surface area contributed by atoms with Crippen LogP contribution in [-0.2, 0) is 19.6 Å². The van der Waals surface area contributed by atoms with Gasteiger partial charge in [-0.3, -0.25) is 4.90 Å². The first kappa shape index (κ1) is 11.3. The Kier molecular flexibility index (Phi) is 2.80. The molecule has 2 N–H and O–H groups in total. The molecule has 18 heavy (non-hydrogen) atoms. The molecule has 0 atom stereocenters. The number of hydrogen-bond acceptors (Lipinski definition) is 2. The van der Waals surface area contributed by atoms with Gasteiger partial charge < -0.3 is 5.73 Å². The number of hydrogen-bond donors (Lipinski definition) is 1. The van der Waals surface area contributed by atoms with Gasteiger partial charge in [0.25, 0.3) is 0 Å². The Morgan fingerprint density at radius 2 is 1.72 bits per heavy atom. The van der Waals surface area contributed by atoms with E-state index in [1.54, 1.807) is 0 Å². The van der Waals surface area contributed by atoms with E-state index in [2.05, 4.69) is 48.2 Å². The monoisotopic (exact) mass is 238 g/mol. The van der Waals surface area contributed by atoms with Gasteiger partial charge in [-0.05, 0) is 41.3 Å². The molecule has 0 amide bonds. The highest BCUT2D eigenvalue weighted by Crippen LogP contribution is 2.25. The molecule has 0 aliphatic carbocycles. The second-order valence-electron chi connectivity index (χ2n) is 5.10. The summed E-state index contributed by atoms with van der Waals surface area (Å²) in [6, 6.07) is 14.9. The lowest BCUT2D eigenvalue weighted by molar-refractivity contribution is 0.275. The van der Waals surface area contributed by atoms with Crippen LogP contribution in [0.2, 0.25) is 0 Å². The highest BCUT2D eigenvalue weighted by molar-refractivity contribution is 5.44. The lowest BCUT2D eigenvalue weighted by Crippen LogP contribution is -2.16. The maximum absolute atomic E-state index is 5.79. The van der Waals surface area contributed by atoms with Crippen molar-refractivity contribution >= 4 is 5.69 Å². The predicted molar refractivity (Wildman–Crippen MR) is 75.0 cm³/mol. The summed E-state index contributed by atoms with van der Waals surface area (Å²) in [4.78, 5) is 2.48. The van der Waals surface area contributed by atoms with Crippen molar-refractivity contribution in [1.82, 2.24) is 4.90 Å². The number of anilines is 1. The Labute approximate surface area is 108 Å². The number of fused-ring (bicyclic) bond motifs is 1. The van der Waals surface area contributed by atoms with Crippen molar-refractivity contribution in [2.24, 2.45) is 0 Å². The van der Waals surface area contributed by atoms with Crippen LogP contribution < -0.4 is 5.73 Å². The van der Waals surface area contributed by atoms with Crippen LogP contribution >= 0.6 is 0 Å². The second kappa shape index (κ2) is 4.46. The fraction of sp³-hybridized carbons (Fsp3) is 0.250. The Hall–Kier alpha value is -1.80. The molecule has 3 rings (SSSR count). The quantitative estimate of drug-likeness (QED) is 0.815. The zero-order chi connectivity index (χ0) is 12.5. The van der Waals surface area contributed by atoms with Gasteiger partial charge in [0.15, 0.2) is 0 Å². The molecule has 0 bridgehead atoms. The van der Waals surface area contributed by atoms with Gasteiger partial charge in [-0.15, -0.1) is 0 Å². The molecule has 0 unspecified atom stereocenters. The van der Waals surface area contributed by atoms with Crippen molar-refractivity contribution in [2.45, 2.75) is 26.6 Å². The van der Waals surface area contributed by atoms with Crippen LogP contribution in [0.15, 0.2) is 42.5 Å². The van der Waals surface area contributed by atoms with Gasteiger partial charge in [-0.1, -0.05) is 30.3 Å². The number of benzene rings is 2. The summed E-state index contributed by atoms with van der Waals surface area (Å²) >= 11 is 0. The fourth-order valence-corrected chi connectivity index (χ4v) is 2.65. The van der Waals surface area contributed by atoms with E-state index in [1.165, 1.54) is 22.3 Å². The third-order valence-corrected chi connectivity index (χ3v) is 3.67. The van der Waals surface area contributed by atoms with E-state index in [-0.39, 0.29) is 0 Å². The maximum atomic E-state index is 5.79. The smallest absolute Gasteiger partial charge is 0.0316 e. The molecule has 1 aliphatic rings. The molecular formula is C16H18N2. The molecule has 1 aliphatic heterocycles. The van der Waals surface area contributed by atoms with Crippen molar-refractivity contribution in [2.75, 3.05) is 5.73 Å². The van der Waals surface area contributed by atoms with E-state index in [9.17, 15) is 0 Å². The van der Waals surface area contributed by atoms with E-state index in [0.29, 0.717) is 0 Å². The Morgan fingerprint density at radius 1 is 1.06 bits per heavy atom. The third kappa shape index (κ3) is 2.12. The molecule has 0 aromatic heterocycles. The number of nitrogens with zero attached hydrogens (tertiary/aromatic N) is 1. The average molecular weight is 238 g/mol. The van der Waals surface area contributed by atoms with Crippen LogP contribution in [-0.4, -0.2) is 4.90 Å². The zero-order valence-electron chi connectivity index (χ0n) is 10.7. The number of nitrogen functional groups attached to an aromatic ring is 1. The molecule has 0 fully saturated rings. The van der Waals surface area contributed by atoms with Gasteiger partial charge in [0.2, 0.25) is 0 Å². The third-order valence-electron chi connectivity index (χ3n) is 3.67. The van der Waals surface area contributed by atoms with Crippen LogP contribution in [0, 0.1) is 6.92 Å². The van der Waals surface area contributed by atoms with Gasteiger partial charge in [-0.25, -0.2) is 0 Å². The fourth-order valence-electron chi connectivity index (χ4n) is 2.65. The minimum atomic E-state index is 0.848. The molecule has 0 spiro atoms. The first-order valence-electron chi connectivity index (χ1n) is 6.36. The van der Waals surface area contributed by atoms with Gasteiger partial charge in [-0.2, -0.15) is 0 Å². The van der Waals surface area contributed by atoms with Gasteiger partial charge in [0, 0.05) is 25.3 Å². The van der Waals surface area contributed by atoms with Gasteiger partial charge in [0.1, 0.15) is 0 Å². The highest BCUT2D eigenvalue weighted by Gasteiger charge is 2.18. The lowest BCUT2D eigenvalue weighted by Gasteiger charge is -2.16. The van der Waals surface area contributed by atoms with E-state index in [4.69, 9.17) is 5.73 Å². The molecule has 0 radical (unpaired) electrons. The van der Waals surface area contributed by atoms with Crippen LogP contribution in [0.3, 0.4) is 0 Å².